The van der Waals surface area contributed by atoms with Crippen LogP contribution < -0.4 is 4.80 Å². The molecule has 0 saturated heterocycles. The maximum absolute atomic E-state index is 12.8. The Labute approximate surface area is 168 Å². The van der Waals surface area contributed by atoms with E-state index in [1.165, 1.54) is 22.7 Å². The number of carbonyl (C=O) groups excluding carboxylic acids is 1. The van der Waals surface area contributed by atoms with Gasteiger partial charge >= 0.3 is 0 Å². The van der Waals surface area contributed by atoms with E-state index in [1.807, 2.05) is 54.8 Å². The SMILES string of the molecule is CCn1c(=NC(=O)c2sc3ccccc3c2Cl)sc2ccc(Cl)c(C)c21. The summed E-state index contributed by atoms with van der Waals surface area (Å²) in [4.78, 5) is 18.4. The summed E-state index contributed by atoms with van der Waals surface area (Å²) < 4.78 is 4.07. The lowest BCUT2D eigenvalue weighted by atomic mass is 10.2. The van der Waals surface area contributed by atoms with Gasteiger partial charge in [-0.15, -0.1) is 11.3 Å². The van der Waals surface area contributed by atoms with E-state index in [1.54, 1.807) is 0 Å². The minimum atomic E-state index is -0.311. The predicted octanol–water partition coefficient (Wildman–Crippen LogP) is 6.29. The Morgan fingerprint density at radius 1 is 1.12 bits per heavy atom. The van der Waals surface area contributed by atoms with Crippen LogP contribution in [0.25, 0.3) is 20.3 Å². The molecule has 3 nitrogen and oxygen atoms in total. The Hall–Kier alpha value is -1.66. The van der Waals surface area contributed by atoms with Gasteiger partial charge in [-0.25, -0.2) is 0 Å². The molecule has 2 heterocycles. The number of fused-ring (bicyclic) bond motifs is 2. The van der Waals surface area contributed by atoms with Crippen molar-refractivity contribution < 1.29 is 4.79 Å². The number of hydrogen-bond acceptors (Lipinski definition) is 3. The summed E-state index contributed by atoms with van der Waals surface area (Å²) in [6, 6.07) is 11.6. The van der Waals surface area contributed by atoms with Crippen molar-refractivity contribution in [3.8, 4) is 0 Å². The molecular weight excluding hydrogens is 407 g/mol. The summed E-state index contributed by atoms with van der Waals surface area (Å²) in [5.74, 6) is -0.311. The summed E-state index contributed by atoms with van der Waals surface area (Å²) in [5.41, 5.74) is 2.02. The number of benzene rings is 2. The molecule has 4 rings (SSSR count). The number of halogens is 2. The summed E-state index contributed by atoms with van der Waals surface area (Å²) >= 11 is 15.6. The number of amides is 1. The number of rotatable bonds is 2. The predicted molar refractivity (Wildman–Crippen MR) is 112 cm³/mol. The Morgan fingerprint density at radius 3 is 2.62 bits per heavy atom. The van der Waals surface area contributed by atoms with Gasteiger partial charge in [0.1, 0.15) is 4.88 Å². The van der Waals surface area contributed by atoms with E-state index < -0.39 is 0 Å². The van der Waals surface area contributed by atoms with E-state index in [0.717, 1.165) is 25.9 Å². The molecule has 0 aliphatic carbocycles. The zero-order valence-electron chi connectivity index (χ0n) is 14.0. The Morgan fingerprint density at radius 2 is 1.88 bits per heavy atom. The Balaban J connectivity index is 1.91. The highest BCUT2D eigenvalue weighted by molar-refractivity contribution is 7.21. The third-order valence-corrected chi connectivity index (χ3v) is 7.39. The maximum atomic E-state index is 12.8. The van der Waals surface area contributed by atoms with Crippen molar-refractivity contribution in [2.75, 3.05) is 0 Å². The number of carbonyl (C=O) groups is 1. The maximum Gasteiger partial charge on any atom is 0.291 e. The number of aryl methyl sites for hydroxylation is 2. The molecule has 2 aromatic carbocycles. The Kier molecular flexibility index (Phi) is 4.65. The largest absolute Gasteiger partial charge is 0.316 e. The fraction of sp³-hybridized carbons (Fsp3) is 0.158. The second-order valence-electron chi connectivity index (χ2n) is 5.81. The van der Waals surface area contributed by atoms with Gasteiger partial charge in [0, 0.05) is 21.7 Å². The molecule has 0 unspecified atom stereocenters. The zero-order valence-corrected chi connectivity index (χ0v) is 17.2. The van der Waals surface area contributed by atoms with Crippen LogP contribution in [-0.4, -0.2) is 10.5 Å². The molecule has 1 amide bonds. The van der Waals surface area contributed by atoms with Crippen LogP contribution >= 0.6 is 45.9 Å². The fourth-order valence-electron chi connectivity index (χ4n) is 2.98. The molecule has 0 aliphatic rings. The minimum absolute atomic E-state index is 0.311. The smallest absolute Gasteiger partial charge is 0.291 e. The van der Waals surface area contributed by atoms with Gasteiger partial charge in [0.25, 0.3) is 5.91 Å². The van der Waals surface area contributed by atoms with Gasteiger partial charge in [0.2, 0.25) is 0 Å². The van der Waals surface area contributed by atoms with Crippen molar-refractivity contribution in [2.45, 2.75) is 20.4 Å². The highest BCUT2D eigenvalue weighted by atomic mass is 35.5. The first kappa shape index (κ1) is 17.7. The molecule has 0 bridgehead atoms. The number of aromatic nitrogens is 1. The average Bonchev–Trinajstić information content (AvgIpc) is 3.16. The summed E-state index contributed by atoms with van der Waals surface area (Å²) in [7, 11) is 0. The third kappa shape index (κ3) is 2.79. The van der Waals surface area contributed by atoms with Crippen LogP contribution in [0.2, 0.25) is 10.0 Å². The highest BCUT2D eigenvalue weighted by Crippen LogP contribution is 2.35. The van der Waals surface area contributed by atoms with E-state index in [0.29, 0.717) is 26.3 Å². The number of thiophene rings is 1. The molecule has 2 aromatic heterocycles. The molecule has 0 fully saturated rings. The topological polar surface area (TPSA) is 34.4 Å². The quantitative estimate of drug-likeness (QED) is 0.374. The van der Waals surface area contributed by atoms with Crippen LogP contribution in [0.1, 0.15) is 22.2 Å². The lowest BCUT2D eigenvalue weighted by Crippen LogP contribution is -2.16. The van der Waals surface area contributed by atoms with Crippen molar-refractivity contribution in [1.82, 2.24) is 4.57 Å². The first-order chi connectivity index (χ1) is 12.5. The van der Waals surface area contributed by atoms with E-state index in [9.17, 15) is 4.79 Å². The molecule has 0 N–H and O–H groups in total. The van der Waals surface area contributed by atoms with Gasteiger partial charge in [-0.2, -0.15) is 4.99 Å². The van der Waals surface area contributed by atoms with Crippen molar-refractivity contribution >= 4 is 72.1 Å². The van der Waals surface area contributed by atoms with Crippen LogP contribution in [0.3, 0.4) is 0 Å². The van der Waals surface area contributed by atoms with Gasteiger partial charge in [0.15, 0.2) is 4.80 Å². The molecule has 0 radical (unpaired) electrons. The monoisotopic (exact) mass is 420 g/mol. The van der Waals surface area contributed by atoms with Crippen LogP contribution in [0.4, 0.5) is 0 Å². The van der Waals surface area contributed by atoms with E-state index >= 15 is 0 Å². The van der Waals surface area contributed by atoms with E-state index in [2.05, 4.69) is 4.99 Å². The first-order valence-electron chi connectivity index (χ1n) is 8.05. The minimum Gasteiger partial charge on any atom is -0.316 e. The van der Waals surface area contributed by atoms with Crippen LogP contribution in [0.5, 0.6) is 0 Å². The van der Waals surface area contributed by atoms with Gasteiger partial charge in [-0.3, -0.25) is 4.79 Å². The van der Waals surface area contributed by atoms with Crippen molar-refractivity contribution in [3.05, 3.63) is 61.7 Å². The second-order valence-corrected chi connectivity index (χ2v) is 8.65. The molecular formula is C19H14Cl2N2OS2. The molecule has 132 valence electrons. The fourth-order valence-corrected chi connectivity index (χ4v) is 5.68. The van der Waals surface area contributed by atoms with E-state index in [-0.39, 0.29) is 5.91 Å². The standard InChI is InChI=1S/C19H14Cl2N2OS2/c1-3-23-16-10(2)12(20)8-9-14(16)26-19(23)22-18(24)17-15(21)11-6-4-5-7-13(11)25-17/h4-9H,3H2,1-2H3. The Bertz CT molecular complexity index is 1230. The first-order valence-corrected chi connectivity index (χ1v) is 10.4. The molecule has 0 spiro atoms. The van der Waals surface area contributed by atoms with Crippen LogP contribution in [0.15, 0.2) is 41.4 Å². The highest BCUT2D eigenvalue weighted by Gasteiger charge is 2.17. The van der Waals surface area contributed by atoms with Gasteiger partial charge in [0.05, 0.1) is 15.2 Å². The van der Waals surface area contributed by atoms with E-state index in [4.69, 9.17) is 23.2 Å². The number of hydrogen-bond donors (Lipinski definition) is 0. The van der Waals surface area contributed by atoms with Crippen molar-refractivity contribution in [1.29, 1.82) is 0 Å². The van der Waals surface area contributed by atoms with Gasteiger partial charge in [-0.1, -0.05) is 52.7 Å². The molecule has 4 aromatic rings. The summed E-state index contributed by atoms with van der Waals surface area (Å²) in [6.45, 7) is 4.72. The molecule has 7 heteroatoms. The van der Waals surface area contributed by atoms with Crippen molar-refractivity contribution in [3.63, 3.8) is 0 Å². The van der Waals surface area contributed by atoms with Crippen LogP contribution in [0, 0.1) is 6.92 Å². The zero-order chi connectivity index (χ0) is 18.4. The molecule has 0 saturated carbocycles. The lowest BCUT2D eigenvalue weighted by molar-refractivity contribution is 0.100. The normalized spacial score (nSPS) is 12.4. The lowest BCUT2D eigenvalue weighted by Gasteiger charge is -2.04. The number of thiazole rings is 1. The van der Waals surface area contributed by atoms with Gasteiger partial charge in [-0.05, 0) is 37.6 Å². The van der Waals surface area contributed by atoms with Crippen LogP contribution in [-0.2, 0) is 6.54 Å². The summed E-state index contributed by atoms with van der Waals surface area (Å²) in [6.07, 6.45) is 0. The summed E-state index contributed by atoms with van der Waals surface area (Å²) in [5, 5.41) is 2.07. The third-order valence-electron chi connectivity index (χ3n) is 4.27. The number of nitrogens with zero attached hydrogens (tertiary/aromatic N) is 2. The second kappa shape index (κ2) is 6.82. The molecule has 0 aliphatic heterocycles. The van der Waals surface area contributed by atoms with Crippen molar-refractivity contribution in [2.24, 2.45) is 4.99 Å². The molecule has 26 heavy (non-hydrogen) atoms. The molecule has 0 atom stereocenters. The average molecular weight is 421 g/mol. The van der Waals surface area contributed by atoms with Gasteiger partial charge < -0.3 is 4.57 Å².